The zero-order chi connectivity index (χ0) is 20.5. The van der Waals surface area contributed by atoms with Crippen LogP contribution in [0.5, 0.6) is 11.5 Å². The summed E-state index contributed by atoms with van der Waals surface area (Å²) >= 11 is 0. The lowest BCUT2D eigenvalue weighted by molar-refractivity contribution is 0.0600. The summed E-state index contributed by atoms with van der Waals surface area (Å²) in [4.78, 5) is 19.5. The van der Waals surface area contributed by atoms with Crippen molar-refractivity contribution in [3.8, 4) is 11.5 Å². The van der Waals surface area contributed by atoms with Crippen LogP contribution in [0.25, 0.3) is 0 Å². The van der Waals surface area contributed by atoms with E-state index in [0.717, 1.165) is 42.1 Å². The molecule has 2 aromatic carbocycles. The Morgan fingerprint density at radius 2 is 1.83 bits per heavy atom. The third-order valence-electron chi connectivity index (χ3n) is 5.84. The monoisotopic (exact) mass is 430 g/mol. The van der Waals surface area contributed by atoms with Gasteiger partial charge in [0, 0.05) is 23.6 Å². The van der Waals surface area contributed by atoms with Crippen molar-refractivity contribution >= 4 is 24.1 Å². The van der Waals surface area contributed by atoms with Crippen molar-refractivity contribution in [3.63, 3.8) is 0 Å². The minimum Gasteiger partial charge on any atom is -0.493 e. The fourth-order valence-corrected chi connectivity index (χ4v) is 4.35. The van der Waals surface area contributed by atoms with E-state index in [9.17, 15) is 4.79 Å². The summed E-state index contributed by atoms with van der Waals surface area (Å²) in [6, 6.07) is 11.7. The fraction of sp³-hybridized carbons (Fsp3) is 0.391. The number of benzene rings is 2. The van der Waals surface area contributed by atoms with Crippen LogP contribution in [0, 0.1) is 0 Å². The molecule has 0 amide bonds. The lowest BCUT2D eigenvalue weighted by Gasteiger charge is -2.39. The number of ether oxygens (including phenoxy) is 3. The first kappa shape index (κ1) is 22.1. The van der Waals surface area contributed by atoms with E-state index < -0.39 is 0 Å². The molecular formula is C23H27ClN2O4. The summed E-state index contributed by atoms with van der Waals surface area (Å²) in [5.41, 5.74) is 4.55. The molecule has 2 aliphatic heterocycles. The lowest BCUT2D eigenvalue weighted by Crippen LogP contribution is -2.41. The molecule has 30 heavy (non-hydrogen) atoms. The Bertz CT molecular complexity index is 976. The molecule has 0 spiro atoms. The van der Waals surface area contributed by atoms with Crippen LogP contribution in [0.4, 0.5) is 0 Å². The first-order valence-electron chi connectivity index (χ1n) is 9.77. The Balaban J connectivity index is 0.00000256. The van der Waals surface area contributed by atoms with Gasteiger partial charge in [-0.3, -0.25) is 4.99 Å². The second-order valence-electron chi connectivity index (χ2n) is 7.57. The van der Waals surface area contributed by atoms with Gasteiger partial charge >= 0.3 is 5.97 Å². The maximum atomic E-state index is 12.0. The molecule has 2 heterocycles. The molecule has 0 aliphatic carbocycles. The van der Waals surface area contributed by atoms with E-state index in [1.165, 1.54) is 12.7 Å². The molecule has 2 aromatic rings. The Morgan fingerprint density at radius 3 is 2.53 bits per heavy atom. The normalized spacial score (nSPS) is 20.2. The Morgan fingerprint density at radius 1 is 1.10 bits per heavy atom. The zero-order valence-electron chi connectivity index (χ0n) is 17.7. The van der Waals surface area contributed by atoms with Crippen LogP contribution in [0.15, 0.2) is 41.4 Å². The van der Waals surface area contributed by atoms with Crippen molar-refractivity contribution in [2.45, 2.75) is 18.4 Å². The van der Waals surface area contributed by atoms with Crippen molar-refractivity contribution in [1.29, 1.82) is 0 Å². The van der Waals surface area contributed by atoms with E-state index in [2.05, 4.69) is 18.0 Å². The molecule has 1 fully saturated rings. The number of rotatable bonds is 4. The molecule has 160 valence electrons. The molecule has 1 saturated heterocycles. The topological polar surface area (TPSA) is 60.4 Å². The predicted molar refractivity (Wildman–Crippen MR) is 119 cm³/mol. The van der Waals surface area contributed by atoms with E-state index in [1.807, 2.05) is 24.3 Å². The van der Waals surface area contributed by atoms with Gasteiger partial charge in [-0.05, 0) is 49.8 Å². The van der Waals surface area contributed by atoms with Gasteiger partial charge < -0.3 is 19.1 Å². The van der Waals surface area contributed by atoms with Gasteiger partial charge in [0.2, 0.25) is 0 Å². The van der Waals surface area contributed by atoms with Gasteiger partial charge in [-0.25, -0.2) is 4.79 Å². The van der Waals surface area contributed by atoms with Gasteiger partial charge in [0.1, 0.15) is 0 Å². The number of piperidine rings is 1. The van der Waals surface area contributed by atoms with Gasteiger partial charge in [0.25, 0.3) is 0 Å². The van der Waals surface area contributed by atoms with Crippen LogP contribution < -0.4 is 9.47 Å². The number of aliphatic imine (C=N–C) groups is 1. The van der Waals surface area contributed by atoms with Crippen molar-refractivity contribution < 1.29 is 19.0 Å². The predicted octanol–water partition coefficient (Wildman–Crippen LogP) is 3.55. The maximum absolute atomic E-state index is 12.0. The summed E-state index contributed by atoms with van der Waals surface area (Å²) in [5.74, 6) is 1.34. The molecule has 6 nitrogen and oxygen atoms in total. The Labute approximate surface area is 183 Å². The highest BCUT2D eigenvalue weighted by atomic mass is 35.5. The van der Waals surface area contributed by atoms with Gasteiger partial charge in [0.15, 0.2) is 11.5 Å². The molecular weight excluding hydrogens is 404 g/mol. The van der Waals surface area contributed by atoms with Crippen molar-refractivity contribution in [3.05, 3.63) is 58.7 Å². The standard InChI is InChI=1S/C23H26N2O4.ClH/c1-25-9-8-19-18(13-25)16-11-20(27-2)21(28-3)12-17(16)22(24-19)14-6-5-7-15(10-14)23(26)29-4;/h5-7,10-12,18-19H,8-9,13H2,1-4H3;1H/t18-,19-;/m0./s1. The number of hydrogen-bond donors (Lipinski definition) is 0. The molecule has 4 rings (SSSR count). The summed E-state index contributed by atoms with van der Waals surface area (Å²) < 4.78 is 16.0. The summed E-state index contributed by atoms with van der Waals surface area (Å²) in [5, 5.41) is 0. The van der Waals surface area contributed by atoms with E-state index in [0.29, 0.717) is 17.2 Å². The average molecular weight is 431 g/mol. The quantitative estimate of drug-likeness (QED) is 0.694. The first-order chi connectivity index (χ1) is 14.0. The number of carbonyl (C=O) groups excluding carboxylic acids is 1. The molecule has 0 bridgehead atoms. The number of esters is 1. The van der Waals surface area contributed by atoms with E-state index in [4.69, 9.17) is 19.2 Å². The molecule has 2 atom stereocenters. The van der Waals surface area contributed by atoms with Crippen LogP contribution in [-0.2, 0) is 4.74 Å². The Kier molecular flexibility index (Phi) is 6.68. The number of carbonyl (C=O) groups is 1. The van der Waals surface area contributed by atoms with E-state index in [1.54, 1.807) is 20.3 Å². The van der Waals surface area contributed by atoms with Gasteiger partial charge in [-0.15, -0.1) is 12.4 Å². The molecule has 0 N–H and O–H groups in total. The number of fused-ring (bicyclic) bond motifs is 3. The van der Waals surface area contributed by atoms with E-state index >= 15 is 0 Å². The van der Waals surface area contributed by atoms with Crippen LogP contribution in [-0.4, -0.2) is 64.1 Å². The molecule has 0 unspecified atom stereocenters. The summed E-state index contributed by atoms with van der Waals surface area (Å²) in [7, 11) is 6.84. The Hall–Kier alpha value is -2.57. The second-order valence-corrected chi connectivity index (χ2v) is 7.57. The first-order valence-corrected chi connectivity index (χ1v) is 9.77. The van der Waals surface area contributed by atoms with Crippen molar-refractivity contribution in [2.24, 2.45) is 4.99 Å². The summed E-state index contributed by atoms with van der Waals surface area (Å²) in [6.07, 6.45) is 0.995. The van der Waals surface area contributed by atoms with Crippen molar-refractivity contribution in [1.82, 2.24) is 4.90 Å². The smallest absolute Gasteiger partial charge is 0.337 e. The summed E-state index contributed by atoms with van der Waals surface area (Å²) in [6.45, 7) is 1.97. The number of likely N-dealkylation sites (tertiary alicyclic amines) is 1. The number of hydrogen-bond acceptors (Lipinski definition) is 6. The maximum Gasteiger partial charge on any atom is 0.337 e. The number of methoxy groups -OCH3 is 3. The zero-order valence-corrected chi connectivity index (χ0v) is 18.5. The fourth-order valence-electron chi connectivity index (χ4n) is 4.35. The SMILES string of the molecule is COC(=O)c1cccc(C2=N[C@H]3CCN(C)C[C@H]3c3cc(OC)c(OC)cc32)c1.Cl. The largest absolute Gasteiger partial charge is 0.493 e. The number of likely N-dealkylation sites (N-methyl/N-ethyl adjacent to an activating group) is 1. The van der Waals surface area contributed by atoms with Crippen molar-refractivity contribution in [2.75, 3.05) is 41.5 Å². The van der Waals surface area contributed by atoms with Crippen LogP contribution in [0.2, 0.25) is 0 Å². The number of halogens is 1. The molecule has 0 aromatic heterocycles. The van der Waals surface area contributed by atoms with Gasteiger partial charge in [0.05, 0.1) is 38.6 Å². The molecule has 7 heteroatoms. The van der Waals surface area contributed by atoms with Gasteiger partial charge in [-0.2, -0.15) is 0 Å². The third-order valence-corrected chi connectivity index (χ3v) is 5.84. The highest BCUT2D eigenvalue weighted by molar-refractivity contribution is 6.15. The molecule has 0 radical (unpaired) electrons. The third kappa shape index (κ3) is 3.89. The highest BCUT2D eigenvalue weighted by Gasteiger charge is 2.36. The van der Waals surface area contributed by atoms with Crippen LogP contribution in [0.3, 0.4) is 0 Å². The lowest BCUT2D eigenvalue weighted by atomic mass is 9.79. The average Bonchev–Trinajstić information content (AvgIpc) is 2.77. The second kappa shape index (κ2) is 9.06. The van der Waals surface area contributed by atoms with Crippen LogP contribution >= 0.6 is 12.4 Å². The number of nitrogens with zero attached hydrogens (tertiary/aromatic N) is 2. The molecule has 0 saturated carbocycles. The minimum atomic E-state index is -0.354. The van der Waals surface area contributed by atoms with E-state index in [-0.39, 0.29) is 24.4 Å². The minimum absolute atomic E-state index is 0. The molecule has 2 aliphatic rings. The van der Waals surface area contributed by atoms with Crippen LogP contribution in [0.1, 0.15) is 39.4 Å². The highest BCUT2D eigenvalue weighted by Crippen LogP contribution is 2.42. The van der Waals surface area contributed by atoms with Gasteiger partial charge in [-0.1, -0.05) is 12.1 Å².